The summed E-state index contributed by atoms with van der Waals surface area (Å²) in [5, 5.41) is 0. The van der Waals surface area contributed by atoms with E-state index >= 15 is 0 Å². The van der Waals surface area contributed by atoms with Crippen LogP contribution in [0.4, 0.5) is 0 Å². The summed E-state index contributed by atoms with van der Waals surface area (Å²) in [4.78, 5) is 16.7. The number of nitrogens with zero attached hydrogens (tertiary/aromatic N) is 2. The van der Waals surface area contributed by atoms with Crippen LogP contribution in [0.25, 0.3) is 0 Å². The fraction of sp³-hybridized carbons (Fsp3) is 0.381. The number of carbonyl (C=O) groups is 1. The first kappa shape index (κ1) is 17.6. The molecule has 1 unspecified atom stereocenters. The topological polar surface area (TPSA) is 32.8 Å². The number of hydrogen-bond donors (Lipinski definition) is 0. The van der Waals surface area contributed by atoms with Crippen LogP contribution < -0.4 is 0 Å². The summed E-state index contributed by atoms with van der Waals surface area (Å²) in [6.07, 6.45) is -0.194. The van der Waals surface area contributed by atoms with Crippen LogP contribution >= 0.6 is 0 Å². The molecule has 1 fully saturated rings. The van der Waals surface area contributed by atoms with E-state index in [4.69, 9.17) is 4.74 Å². The fourth-order valence-corrected chi connectivity index (χ4v) is 3.39. The summed E-state index contributed by atoms with van der Waals surface area (Å²) in [5.41, 5.74) is 2.52. The Bertz CT molecular complexity index is 644. The molecule has 2 aromatic rings. The maximum Gasteiger partial charge on any atom is 0.230 e. The molecule has 3 rings (SSSR count). The highest BCUT2D eigenvalue weighted by molar-refractivity contribution is 5.80. The third-order valence-electron chi connectivity index (χ3n) is 5.09. The first-order valence-electron chi connectivity index (χ1n) is 8.75. The summed E-state index contributed by atoms with van der Waals surface area (Å²) in [6, 6.07) is 21.2. The van der Waals surface area contributed by atoms with Gasteiger partial charge in [-0.25, -0.2) is 0 Å². The SMILES string of the molecule is COC(C)N(C)C(=O)C1CN(C(c2ccccc2)c2ccccc2)C1. The first-order chi connectivity index (χ1) is 12.1. The molecular formula is C21H26N2O2. The Morgan fingerprint density at radius 2 is 1.52 bits per heavy atom. The lowest BCUT2D eigenvalue weighted by molar-refractivity contribution is -0.150. The highest BCUT2D eigenvalue weighted by atomic mass is 16.5. The van der Waals surface area contributed by atoms with Crippen molar-refractivity contribution in [2.24, 2.45) is 5.92 Å². The number of rotatable bonds is 6. The Balaban J connectivity index is 1.74. The standard InChI is InChI=1S/C21H26N2O2/c1-16(25-3)22(2)21(24)19-14-23(15-19)20(17-10-6-4-7-11-17)18-12-8-5-9-13-18/h4-13,16,19-20H,14-15H2,1-3H3. The van der Waals surface area contributed by atoms with E-state index in [0.717, 1.165) is 13.1 Å². The largest absolute Gasteiger partial charge is 0.362 e. The van der Waals surface area contributed by atoms with Gasteiger partial charge >= 0.3 is 0 Å². The zero-order valence-electron chi connectivity index (χ0n) is 15.1. The van der Waals surface area contributed by atoms with Crippen molar-refractivity contribution in [2.45, 2.75) is 19.2 Å². The predicted octanol–water partition coefficient (Wildman–Crippen LogP) is 3.16. The normalized spacial score (nSPS) is 16.5. The summed E-state index contributed by atoms with van der Waals surface area (Å²) in [7, 11) is 3.44. The van der Waals surface area contributed by atoms with Gasteiger partial charge in [0.25, 0.3) is 0 Å². The van der Waals surface area contributed by atoms with Gasteiger partial charge in [0.2, 0.25) is 5.91 Å². The number of likely N-dealkylation sites (tertiary alicyclic amines) is 1. The van der Waals surface area contributed by atoms with E-state index in [0.29, 0.717) is 0 Å². The molecule has 0 N–H and O–H groups in total. The Kier molecular flexibility index (Phi) is 5.51. The fourth-order valence-electron chi connectivity index (χ4n) is 3.39. The molecule has 4 heteroatoms. The zero-order valence-corrected chi connectivity index (χ0v) is 15.1. The van der Waals surface area contributed by atoms with Gasteiger partial charge in [0.05, 0.1) is 12.0 Å². The van der Waals surface area contributed by atoms with Crippen LogP contribution in [0.1, 0.15) is 24.1 Å². The maximum atomic E-state index is 12.6. The van der Waals surface area contributed by atoms with Crippen LogP contribution in [0, 0.1) is 5.92 Å². The molecule has 0 saturated carbocycles. The number of amides is 1. The van der Waals surface area contributed by atoms with Crippen molar-refractivity contribution in [3.8, 4) is 0 Å². The van der Waals surface area contributed by atoms with Crippen molar-refractivity contribution < 1.29 is 9.53 Å². The van der Waals surface area contributed by atoms with Crippen LogP contribution in [-0.4, -0.2) is 49.2 Å². The van der Waals surface area contributed by atoms with Gasteiger partial charge in [-0.2, -0.15) is 0 Å². The zero-order chi connectivity index (χ0) is 17.8. The molecule has 1 aliphatic rings. The monoisotopic (exact) mass is 338 g/mol. The average Bonchev–Trinajstić information content (AvgIpc) is 2.63. The van der Waals surface area contributed by atoms with Crippen molar-refractivity contribution >= 4 is 5.91 Å². The molecule has 1 amide bonds. The minimum Gasteiger partial charge on any atom is -0.362 e. The summed E-state index contributed by atoms with van der Waals surface area (Å²) < 4.78 is 5.26. The van der Waals surface area contributed by atoms with E-state index in [9.17, 15) is 4.79 Å². The van der Waals surface area contributed by atoms with Gasteiger partial charge in [0, 0.05) is 27.2 Å². The number of hydrogen-bond acceptors (Lipinski definition) is 3. The molecule has 0 aliphatic carbocycles. The number of benzene rings is 2. The van der Waals surface area contributed by atoms with Crippen molar-refractivity contribution in [3.05, 3.63) is 71.8 Å². The summed E-state index contributed by atoms with van der Waals surface area (Å²) >= 11 is 0. The molecule has 2 aromatic carbocycles. The molecule has 0 bridgehead atoms. The van der Waals surface area contributed by atoms with Crippen molar-refractivity contribution in [1.82, 2.24) is 9.80 Å². The van der Waals surface area contributed by atoms with Gasteiger partial charge in [-0.1, -0.05) is 60.7 Å². The number of carbonyl (C=O) groups excluding carboxylic acids is 1. The highest BCUT2D eigenvalue weighted by Crippen LogP contribution is 2.34. The second kappa shape index (κ2) is 7.81. The molecule has 4 nitrogen and oxygen atoms in total. The summed E-state index contributed by atoms with van der Waals surface area (Å²) in [6.45, 7) is 3.44. The molecular weight excluding hydrogens is 312 g/mol. The van der Waals surface area contributed by atoms with Crippen LogP contribution in [0.5, 0.6) is 0 Å². The van der Waals surface area contributed by atoms with Crippen LogP contribution in [0.15, 0.2) is 60.7 Å². The lowest BCUT2D eigenvalue weighted by Gasteiger charge is -2.45. The van der Waals surface area contributed by atoms with Crippen molar-refractivity contribution in [2.75, 3.05) is 27.2 Å². The van der Waals surface area contributed by atoms with Gasteiger partial charge in [-0.05, 0) is 18.1 Å². The Morgan fingerprint density at radius 1 is 1.04 bits per heavy atom. The van der Waals surface area contributed by atoms with Crippen LogP contribution in [-0.2, 0) is 9.53 Å². The second-order valence-corrected chi connectivity index (χ2v) is 6.66. The summed E-state index contributed by atoms with van der Waals surface area (Å²) in [5.74, 6) is 0.197. The van der Waals surface area contributed by atoms with Crippen molar-refractivity contribution in [1.29, 1.82) is 0 Å². The first-order valence-corrected chi connectivity index (χ1v) is 8.75. The molecule has 132 valence electrons. The molecule has 1 heterocycles. The van der Waals surface area contributed by atoms with Gasteiger partial charge in [-0.3, -0.25) is 9.69 Å². The molecule has 1 saturated heterocycles. The van der Waals surface area contributed by atoms with Crippen LogP contribution in [0.3, 0.4) is 0 Å². The van der Waals surface area contributed by atoms with Gasteiger partial charge in [0.15, 0.2) is 0 Å². The Morgan fingerprint density at radius 3 is 1.96 bits per heavy atom. The predicted molar refractivity (Wildman–Crippen MR) is 99.0 cm³/mol. The minimum absolute atomic E-state index is 0.0394. The lowest BCUT2D eigenvalue weighted by atomic mass is 9.89. The van der Waals surface area contributed by atoms with Crippen LogP contribution in [0.2, 0.25) is 0 Å². The number of methoxy groups -OCH3 is 1. The lowest BCUT2D eigenvalue weighted by Crippen LogP contribution is -2.56. The molecule has 1 atom stereocenters. The molecule has 0 spiro atoms. The van der Waals surface area contributed by atoms with Gasteiger partial charge < -0.3 is 9.64 Å². The maximum absolute atomic E-state index is 12.6. The highest BCUT2D eigenvalue weighted by Gasteiger charge is 2.39. The third-order valence-corrected chi connectivity index (χ3v) is 5.09. The molecule has 25 heavy (non-hydrogen) atoms. The smallest absolute Gasteiger partial charge is 0.230 e. The quantitative estimate of drug-likeness (QED) is 0.759. The van der Waals surface area contributed by atoms with Gasteiger partial charge in [0.1, 0.15) is 6.23 Å². The minimum atomic E-state index is -0.194. The van der Waals surface area contributed by atoms with E-state index in [1.165, 1.54) is 11.1 Å². The molecule has 1 aliphatic heterocycles. The Hall–Kier alpha value is -2.17. The Labute approximate surface area is 150 Å². The molecule has 0 aromatic heterocycles. The van der Waals surface area contributed by atoms with E-state index < -0.39 is 0 Å². The second-order valence-electron chi connectivity index (χ2n) is 6.66. The van der Waals surface area contributed by atoms with E-state index in [-0.39, 0.29) is 24.1 Å². The van der Waals surface area contributed by atoms with E-state index in [1.54, 1.807) is 12.0 Å². The van der Waals surface area contributed by atoms with Gasteiger partial charge in [-0.15, -0.1) is 0 Å². The average molecular weight is 338 g/mol. The van der Waals surface area contributed by atoms with E-state index in [2.05, 4.69) is 53.4 Å². The van der Waals surface area contributed by atoms with E-state index in [1.807, 2.05) is 26.1 Å². The third kappa shape index (κ3) is 3.75. The van der Waals surface area contributed by atoms with Crippen molar-refractivity contribution in [3.63, 3.8) is 0 Å². The molecule has 0 radical (unpaired) electrons. The number of ether oxygens (including phenoxy) is 1.